The fraction of sp³-hybridized carbons (Fsp3) is 0.312. The van der Waals surface area contributed by atoms with Gasteiger partial charge < -0.3 is 15.0 Å². The lowest BCUT2D eigenvalue weighted by atomic mass is 10.1. The summed E-state index contributed by atoms with van der Waals surface area (Å²) in [6.07, 6.45) is 1.89. The first-order valence-corrected chi connectivity index (χ1v) is 8.84. The second kappa shape index (κ2) is 7.22. The summed E-state index contributed by atoms with van der Waals surface area (Å²) in [6, 6.07) is 2.45. The third kappa shape index (κ3) is 3.27. The molecule has 2 aromatic rings. The summed E-state index contributed by atoms with van der Waals surface area (Å²) < 4.78 is 56.0. The third-order valence-electron chi connectivity index (χ3n) is 4.18. The predicted octanol–water partition coefficient (Wildman–Crippen LogP) is 1.78. The highest BCUT2D eigenvalue weighted by atomic mass is 32.2. The van der Waals surface area contributed by atoms with E-state index in [4.69, 9.17) is 0 Å². The van der Waals surface area contributed by atoms with E-state index in [1.165, 1.54) is 22.1 Å². The topological polar surface area (TPSA) is 74.6 Å². The smallest absolute Gasteiger partial charge is 0.275 e. The van der Waals surface area contributed by atoms with E-state index in [2.05, 4.69) is 5.32 Å². The third-order valence-corrected chi connectivity index (χ3v) is 5.75. The molecule has 1 aliphatic rings. The summed E-state index contributed by atoms with van der Waals surface area (Å²) in [4.78, 5) is 12.1. The van der Waals surface area contributed by atoms with E-state index >= 15 is 0 Å². The molecule has 1 saturated heterocycles. The van der Waals surface area contributed by atoms with Gasteiger partial charge in [0.05, 0.1) is 6.61 Å². The second-order valence-corrected chi connectivity index (χ2v) is 7.27. The number of nitrogens with one attached hydrogen (secondary N) is 1. The zero-order valence-electron chi connectivity index (χ0n) is 13.7. The lowest BCUT2D eigenvalue weighted by Crippen LogP contribution is -2.50. The largest absolute Gasteiger partial charge is 0.395 e. The minimum absolute atomic E-state index is 0.0414. The molecule has 0 radical (unpaired) electrons. The normalized spacial score (nSPS) is 18.4. The van der Waals surface area contributed by atoms with Crippen LogP contribution in [-0.2, 0) is 18.0 Å². The Labute approximate surface area is 149 Å². The summed E-state index contributed by atoms with van der Waals surface area (Å²) in [6.45, 7) is 0.256. The van der Waals surface area contributed by atoms with E-state index in [0.717, 1.165) is 18.2 Å². The number of amides is 1. The summed E-state index contributed by atoms with van der Waals surface area (Å²) in [5.74, 6) is -4.07. The first kappa shape index (κ1) is 18.6. The van der Waals surface area contributed by atoms with Crippen molar-refractivity contribution in [2.24, 2.45) is 7.05 Å². The Bertz CT molecular complexity index is 885. The molecule has 2 heterocycles. The number of aryl methyl sites for hydroxylation is 1. The van der Waals surface area contributed by atoms with Crippen molar-refractivity contribution in [1.29, 1.82) is 0 Å². The van der Waals surface area contributed by atoms with Crippen LogP contribution in [0.3, 0.4) is 0 Å². The summed E-state index contributed by atoms with van der Waals surface area (Å²) in [5.41, 5.74) is -0.431. The lowest BCUT2D eigenvalue weighted by molar-refractivity contribution is 0.101. The average Bonchev–Trinajstić information content (AvgIpc) is 2.85. The lowest BCUT2D eigenvalue weighted by Gasteiger charge is -2.37. The fourth-order valence-electron chi connectivity index (χ4n) is 2.66. The molecular weight excluding hydrogens is 371 g/mol. The molecule has 140 valence electrons. The van der Waals surface area contributed by atoms with Crippen molar-refractivity contribution in [1.82, 2.24) is 8.87 Å². The Hall–Kier alpha value is -2.17. The number of carbonyl (C=O) groups excluding carboxylic acids is 1. The molecule has 2 unspecified atom stereocenters. The van der Waals surface area contributed by atoms with Crippen LogP contribution in [0.25, 0.3) is 0 Å². The van der Waals surface area contributed by atoms with E-state index in [9.17, 15) is 27.3 Å². The number of hydrogen-bond acceptors (Lipinski definition) is 3. The van der Waals surface area contributed by atoms with Crippen LogP contribution in [-0.4, -0.2) is 43.3 Å². The van der Waals surface area contributed by atoms with Gasteiger partial charge in [-0.25, -0.2) is 21.7 Å². The molecule has 1 aliphatic heterocycles. The van der Waals surface area contributed by atoms with Crippen LogP contribution in [0.5, 0.6) is 0 Å². The van der Waals surface area contributed by atoms with Crippen molar-refractivity contribution in [3.8, 4) is 0 Å². The van der Waals surface area contributed by atoms with Gasteiger partial charge in [0.25, 0.3) is 5.91 Å². The Morgan fingerprint density at radius 2 is 2.08 bits per heavy atom. The van der Waals surface area contributed by atoms with Crippen molar-refractivity contribution in [3.63, 3.8) is 0 Å². The van der Waals surface area contributed by atoms with Crippen LogP contribution < -0.4 is 5.32 Å². The SMILES string of the molecule is Cn1cc(S(=O)N2CCC2CO)c(F)c1C(=O)Nc1ccc(F)c(F)c1. The number of aliphatic hydroxyl groups excluding tert-OH is 1. The first-order chi connectivity index (χ1) is 12.3. The monoisotopic (exact) mass is 387 g/mol. The van der Waals surface area contributed by atoms with Gasteiger partial charge in [-0.15, -0.1) is 0 Å². The summed E-state index contributed by atoms with van der Waals surface area (Å²) >= 11 is 0. The van der Waals surface area contributed by atoms with E-state index in [-0.39, 0.29) is 28.9 Å². The average molecular weight is 387 g/mol. The zero-order valence-corrected chi connectivity index (χ0v) is 14.5. The van der Waals surface area contributed by atoms with E-state index in [1.54, 1.807) is 0 Å². The second-order valence-electron chi connectivity index (χ2n) is 5.86. The molecule has 0 spiro atoms. The van der Waals surface area contributed by atoms with Crippen molar-refractivity contribution < 1.29 is 27.3 Å². The van der Waals surface area contributed by atoms with Gasteiger partial charge >= 0.3 is 0 Å². The van der Waals surface area contributed by atoms with Crippen molar-refractivity contribution in [2.45, 2.75) is 17.4 Å². The molecule has 2 N–H and O–H groups in total. The minimum atomic E-state index is -1.85. The number of hydrogen-bond donors (Lipinski definition) is 2. The number of benzene rings is 1. The fourth-order valence-corrected chi connectivity index (χ4v) is 4.12. The minimum Gasteiger partial charge on any atom is -0.395 e. The van der Waals surface area contributed by atoms with Gasteiger partial charge in [0, 0.05) is 37.6 Å². The number of rotatable bonds is 5. The van der Waals surface area contributed by atoms with Gasteiger partial charge in [0.1, 0.15) is 21.6 Å². The maximum atomic E-state index is 14.7. The number of carbonyl (C=O) groups is 1. The summed E-state index contributed by atoms with van der Waals surface area (Å²) in [5, 5.41) is 11.5. The standard InChI is InChI=1S/C16H16F3N3O3S/c1-21-7-13(26(25)22-5-4-10(22)8-23)14(19)15(21)16(24)20-9-2-3-11(17)12(18)6-9/h2-3,6-7,10,23H,4-5,8H2,1H3,(H,20,24). The molecule has 6 nitrogen and oxygen atoms in total. The first-order valence-electron chi connectivity index (χ1n) is 7.74. The molecule has 10 heteroatoms. The molecule has 1 aromatic carbocycles. The highest BCUT2D eigenvalue weighted by Crippen LogP contribution is 2.27. The molecule has 2 atom stereocenters. The molecule has 26 heavy (non-hydrogen) atoms. The van der Waals surface area contributed by atoms with Crippen molar-refractivity contribution in [2.75, 3.05) is 18.5 Å². The maximum absolute atomic E-state index is 14.7. The van der Waals surface area contributed by atoms with Gasteiger partial charge in [-0.3, -0.25) is 4.79 Å². The van der Waals surface area contributed by atoms with Crippen LogP contribution >= 0.6 is 0 Å². The van der Waals surface area contributed by atoms with E-state index in [0.29, 0.717) is 13.0 Å². The van der Waals surface area contributed by atoms with Crippen LogP contribution in [0.1, 0.15) is 16.9 Å². The van der Waals surface area contributed by atoms with Crippen LogP contribution in [0, 0.1) is 17.5 Å². The zero-order chi connectivity index (χ0) is 19.0. The van der Waals surface area contributed by atoms with Crippen LogP contribution in [0.15, 0.2) is 29.3 Å². The molecule has 1 aromatic heterocycles. The maximum Gasteiger partial charge on any atom is 0.275 e. The summed E-state index contributed by atoms with van der Waals surface area (Å²) in [7, 11) is -0.448. The van der Waals surface area contributed by atoms with Crippen molar-refractivity contribution in [3.05, 3.63) is 47.5 Å². The number of nitrogens with zero attached hydrogens (tertiary/aromatic N) is 2. The number of anilines is 1. The van der Waals surface area contributed by atoms with Gasteiger partial charge in [0.15, 0.2) is 17.5 Å². The molecule has 1 amide bonds. The highest BCUT2D eigenvalue weighted by molar-refractivity contribution is 7.82. The van der Waals surface area contributed by atoms with Crippen molar-refractivity contribution >= 4 is 22.6 Å². The molecule has 0 aliphatic carbocycles. The molecular formula is C16H16F3N3O3S. The molecule has 0 bridgehead atoms. The van der Waals surface area contributed by atoms with Gasteiger partial charge in [-0.05, 0) is 18.6 Å². The van der Waals surface area contributed by atoms with Gasteiger partial charge in [0.2, 0.25) is 0 Å². The van der Waals surface area contributed by atoms with Crippen LogP contribution in [0.2, 0.25) is 0 Å². The number of aliphatic hydroxyl groups is 1. The molecule has 1 fully saturated rings. The highest BCUT2D eigenvalue weighted by Gasteiger charge is 2.35. The Morgan fingerprint density at radius 3 is 2.65 bits per heavy atom. The Morgan fingerprint density at radius 1 is 1.35 bits per heavy atom. The quantitative estimate of drug-likeness (QED) is 0.822. The molecule has 3 rings (SSSR count). The van der Waals surface area contributed by atoms with Gasteiger partial charge in [-0.2, -0.15) is 0 Å². The number of aromatic nitrogens is 1. The predicted molar refractivity (Wildman–Crippen MR) is 88.3 cm³/mol. The Kier molecular flexibility index (Phi) is 5.17. The molecule has 0 saturated carbocycles. The van der Waals surface area contributed by atoms with Crippen LogP contribution in [0.4, 0.5) is 18.9 Å². The van der Waals surface area contributed by atoms with E-state index in [1.807, 2.05) is 0 Å². The van der Waals surface area contributed by atoms with Gasteiger partial charge in [-0.1, -0.05) is 0 Å². The Balaban J connectivity index is 1.84. The number of halogens is 3. The van der Waals surface area contributed by atoms with E-state index < -0.39 is 34.3 Å².